The van der Waals surface area contributed by atoms with E-state index in [-0.39, 0.29) is 6.04 Å². The van der Waals surface area contributed by atoms with Gasteiger partial charge in [0.05, 0.1) is 6.04 Å². The molecule has 3 atom stereocenters. The molecule has 0 aromatic heterocycles. The third kappa shape index (κ3) is 3.50. The van der Waals surface area contributed by atoms with Gasteiger partial charge >= 0.3 is 0 Å². The molecule has 2 rings (SSSR count). The van der Waals surface area contributed by atoms with Crippen molar-refractivity contribution in [1.82, 2.24) is 4.90 Å². The highest BCUT2D eigenvalue weighted by atomic mass is 35.5. The first-order chi connectivity index (χ1) is 9.13. The topological polar surface area (TPSA) is 29.3 Å². The lowest BCUT2D eigenvalue weighted by molar-refractivity contribution is 0.0880. The molecule has 1 aromatic carbocycles. The number of hydrogen-bond acceptors (Lipinski definition) is 2. The van der Waals surface area contributed by atoms with Gasteiger partial charge in [-0.05, 0) is 50.4 Å². The highest BCUT2D eigenvalue weighted by molar-refractivity contribution is 6.30. The van der Waals surface area contributed by atoms with Crippen LogP contribution in [0.15, 0.2) is 24.3 Å². The van der Waals surface area contributed by atoms with E-state index in [2.05, 4.69) is 30.9 Å². The highest BCUT2D eigenvalue weighted by Crippen LogP contribution is 2.31. The van der Waals surface area contributed by atoms with Gasteiger partial charge in [0.15, 0.2) is 0 Å². The number of nitrogens with two attached hydrogens (primary N) is 1. The van der Waals surface area contributed by atoms with Crippen LogP contribution in [0, 0.1) is 0 Å². The normalized spacial score (nSPS) is 24.1. The molecule has 1 aliphatic heterocycles. The van der Waals surface area contributed by atoms with Gasteiger partial charge in [-0.1, -0.05) is 37.1 Å². The molecular weight excluding hydrogens is 256 g/mol. The summed E-state index contributed by atoms with van der Waals surface area (Å²) >= 11 is 6.00. The Hall–Kier alpha value is -0.570. The molecule has 0 bridgehead atoms. The molecule has 0 aliphatic carbocycles. The third-order valence-electron chi connectivity index (χ3n) is 4.30. The molecule has 0 radical (unpaired) electrons. The van der Waals surface area contributed by atoms with Crippen molar-refractivity contribution >= 4 is 11.6 Å². The molecule has 3 heteroatoms. The molecule has 0 spiro atoms. The molecule has 2 N–H and O–H groups in total. The summed E-state index contributed by atoms with van der Waals surface area (Å²) in [6.07, 6.45) is 4.90. The van der Waals surface area contributed by atoms with E-state index in [4.69, 9.17) is 17.3 Å². The van der Waals surface area contributed by atoms with Crippen LogP contribution < -0.4 is 5.73 Å². The molecule has 19 heavy (non-hydrogen) atoms. The Morgan fingerprint density at radius 3 is 2.58 bits per heavy atom. The van der Waals surface area contributed by atoms with E-state index in [0.29, 0.717) is 12.1 Å². The van der Waals surface area contributed by atoms with Gasteiger partial charge in [0.1, 0.15) is 0 Å². The smallest absolute Gasteiger partial charge is 0.0501 e. The molecule has 1 aromatic rings. The maximum atomic E-state index is 6.41. The molecule has 2 nitrogen and oxygen atoms in total. The summed E-state index contributed by atoms with van der Waals surface area (Å²) in [4.78, 5) is 2.58. The Balaban J connectivity index is 2.27. The van der Waals surface area contributed by atoms with Crippen LogP contribution in [0.1, 0.15) is 51.1 Å². The van der Waals surface area contributed by atoms with Gasteiger partial charge in [0.2, 0.25) is 0 Å². The molecule has 1 fully saturated rings. The third-order valence-corrected chi connectivity index (χ3v) is 4.55. The number of likely N-dealkylation sites (tertiary alicyclic amines) is 1. The van der Waals surface area contributed by atoms with Crippen molar-refractivity contribution < 1.29 is 0 Å². The van der Waals surface area contributed by atoms with Crippen LogP contribution in [0.25, 0.3) is 0 Å². The van der Waals surface area contributed by atoms with Gasteiger partial charge in [-0.3, -0.25) is 4.90 Å². The van der Waals surface area contributed by atoms with Crippen molar-refractivity contribution in [3.63, 3.8) is 0 Å². The fraction of sp³-hybridized carbons (Fsp3) is 0.625. The maximum Gasteiger partial charge on any atom is 0.0501 e. The molecule has 0 amide bonds. The van der Waals surface area contributed by atoms with Crippen molar-refractivity contribution in [3.05, 3.63) is 34.9 Å². The zero-order valence-electron chi connectivity index (χ0n) is 12.0. The summed E-state index contributed by atoms with van der Waals surface area (Å²) in [5.41, 5.74) is 7.70. The van der Waals surface area contributed by atoms with Crippen LogP contribution in [0.2, 0.25) is 5.02 Å². The summed E-state index contributed by atoms with van der Waals surface area (Å²) in [7, 11) is 0. The first-order valence-corrected chi connectivity index (χ1v) is 7.78. The van der Waals surface area contributed by atoms with E-state index in [1.165, 1.54) is 24.8 Å². The minimum Gasteiger partial charge on any atom is -0.326 e. The van der Waals surface area contributed by atoms with E-state index >= 15 is 0 Å². The summed E-state index contributed by atoms with van der Waals surface area (Å²) in [5, 5.41) is 0.791. The van der Waals surface area contributed by atoms with E-state index < -0.39 is 0 Å². The predicted octanol–water partition coefficient (Wildman–Crippen LogP) is 3.99. The lowest BCUT2D eigenvalue weighted by atomic mass is 9.92. The van der Waals surface area contributed by atoms with E-state index in [1.54, 1.807) is 0 Å². The highest BCUT2D eigenvalue weighted by Gasteiger charge is 2.30. The van der Waals surface area contributed by atoms with Gasteiger partial charge in [-0.15, -0.1) is 0 Å². The minimum atomic E-state index is 0.182. The molecule has 1 heterocycles. The van der Waals surface area contributed by atoms with E-state index in [0.717, 1.165) is 18.0 Å². The van der Waals surface area contributed by atoms with Gasteiger partial charge in [-0.25, -0.2) is 0 Å². The largest absolute Gasteiger partial charge is 0.326 e. The van der Waals surface area contributed by atoms with Crippen LogP contribution in [-0.2, 0) is 0 Å². The molecule has 1 aliphatic rings. The summed E-state index contributed by atoms with van der Waals surface area (Å²) in [6.45, 7) is 5.65. The van der Waals surface area contributed by atoms with Gasteiger partial charge in [0.25, 0.3) is 0 Å². The monoisotopic (exact) mass is 280 g/mol. The standard InChI is InChI=1S/C16H25ClN2/c1-3-15(18)16(13-7-9-14(17)10-8-13)19-11-5-4-6-12(19)2/h7-10,12,15-16H,3-6,11,18H2,1-2H3. The Bertz CT molecular complexity index is 390. The van der Waals surface area contributed by atoms with Crippen molar-refractivity contribution in [1.29, 1.82) is 0 Å². The maximum absolute atomic E-state index is 6.41. The molecule has 3 unspecified atom stereocenters. The second-order valence-corrected chi connectivity index (χ2v) is 6.09. The van der Waals surface area contributed by atoms with Crippen LogP contribution >= 0.6 is 11.6 Å². The Kier molecular flexibility index (Phi) is 5.26. The second kappa shape index (κ2) is 6.74. The molecule has 1 saturated heterocycles. The van der Waals surface area contributed by atoms with Gasteiger partial charge in [0, 0.05) is 17.1 Å². The van der Waals surface area contributed by atoms with Crippen molar-refractivity contribution in [2.45, 2.75) is 57.7 Å². The average Bonchev–Trinajstić information content (AvgIpc) is 2.43. The number of nitrogens with zero attached hydrogens (tertiary/aromatic N) is 1. The summed E-state index contributed by atoms with van der Waals surface area (Å²) in [5.74, 6) is 0. The lowest BCUT2D eigenvalue weighted by Crippen LogP contribution is -2.47. The fourth-order valence-corrected chi connectivity index (χ4v) is 3.23. The van der Waals surface area contributed by atoms with Crippen LogP contribution in [0.3, 0.4) is 0 Å². The number of halogens is 1. The van der Waals surface area contributed by atoms with E-state index in [1.807, 2.05) is 12.1 Å². The van der Waals surface area contributed by atoms with Crippen molar-refractivity contribution in [3.8, 4) is 0 Å². The molecule has 106 valence electrons. The number of hydrogen-bond donors (Lipinski definition) is 1. The number of piperidine rings is 1. The summed E-state index contributed by atoms with van der Waals surface area (Å²) in [6, 6.07) is 9.32. The van der Waals surface area contributed by atoms with Crippen molar-refractivity contribution in [2.24, 2.45) is 5.73 Å². The Morgan fingerprint density at radius 2 is 2.00 bits per heavy atom. The first kappa shape index (κ1) is 14.8. The van der Waals surface area contributed by atoms with Gasteiger partial charge < -0.3 is 5.73 Å². The summed E-state index contributed by atoms with van der Waals surface area (Å²) < 4.78 is 0. The zero-order chi connectivity index (χ0) is 13.8. The Morgan fingerprint density at radius 1 is 1.32 bits per heavy atom. The fourth-order valence-electron chi connectivity index (χ4n) is 3.10. The first-order valence-electron chi connectivity index (χ1n) is 7.40. The lowest BCUT2D eigenvalue weighted by Gasteiger charge is -2.42. The SMILES string of the molecule is CCC(N)C(c1ccc(Cl)cc1)N1CCCCC1C. The number of rotatable bonds is 4. The van der Waals surface area contributed by atoms with Crippen LogP contribution in [0.4, 0.5) is 0 Å². The Labute approximate surface area is 121 Å². The predicted molar refractivity (Wildman–Crippen MR) is 82.5 cm³/mol. The number of benzene rings is 1. The van der Waals surface area contributed by atoms with Crippen LogP contribution in [-0.4, -0.2) is 23.5 Å². The molecule has 0 saturated carbocycles. The quantitative estimate of drug-likeness (QED) is 0.903. The second-order valence-electron chi connectivity index (χ2n) is 5.65. The zero-order valence-corrected chi connectivity index (χ0v) is 12.7. The van der Waals surface area contributed by atoms with Crippen molar-refractivity contribution in [2.75, 3.05) is 6.54 Å². The molecular formula is C16H25ClN2. The van der Waals surface area contributed by atoms with Gasteiger partial charge in [-0.2, -0.15) is 0 Å². The average molecular weight is 281 g/mol. The van der Waals surface area contributed by atoms with Crippen LogP contribution in [0.5, 0.6) is 0 Å². The minimum absolute atomic E-state index is 0.182. The van der Waals surface area contributed by atoms with E-state index in [9.17, 15) is 0 Å².